The molecule has 0 heterocycles. The Morgan fingerprint density at radius 3 is 2.12 bits per heavy atom. The van der Waals surface area contributed by atoms with Crippen molar-refractivity contribution in [1.82, 2.24) is 0 Å². The Hall–Kier alpha value is -1.09. The van der Waals surface area contributed by atoms with Crippen LogP contribution in [0.1, 0.15) is 90.4 Å². The summed E-state index contributed by atoms with van der Waals surface area (Å²) in [5, 5.41) is 9.64. The van der Waals surface area contributed by atoms with Gasteiger partial charge in [-0.05, 0) is 38.5 Å². The molecule has 1 unspecified atom stereocenters. The summed E-state index contributed by atoms with van der Waals surface area (Å²) >= 11 is 0. The minimum absolute atomic E-state index is 0.119. The number of hydrogen-bond donors (Lipinski definition) is 1. The summed E-state index contributed by atoms with van der Waals surface area (Å²) in [5.74, 6) is -0.329. The second-order valence-corrected chi connectivity index (χ2v) is 6.45. The standard InChI is InChI=1S/C21H38O3/c1-3-4-5-6-7-8-9-10-11-12-13-14-15-16-17-18-20(22)19-21(23)24-2/h7-8,10-11,20,22H,3-6,9,12-19H2,1-2H3/b8-7-,11-10-. The molecule has 0 saturated heterocycles. The molecule has 0 bridgehead atoms. The van der Waals surface area contributed by atoms with E-state index in [0.717, 1.165) is 25.7 Å². The highest BCUT2D eigenvalue weighted by atomic mass is 16.5. The van der Waals surface area contributed by atoms with Crippen LogP contribution in [0, 0.1) is 0 Å². The topological polar surface area (TPSA) is 46.5 Å². The molecule has 0 saturated carbocycles. The molecule has 0 aromatic rings. The highest BCUT2D eigenvalue weighted by Crippen LogP contribution is 2.11. The molecule has 0 rings (SSSR count). The first-order valence-corrected chi connectivity index (χ1v) is 9.75. The highest BCUT2D eigenvalue weighted by molar-refractivity contribution is 5.69. The van der Waals surface area contributed by atoms with Gasteiger partial charge in [0.15, 0.2) is 0 Å². The van der Waals surface area contributed by atoms with E-state index in [-0.39, 0.29) is 12.4 Å². The van der Waals surface area contributed by atoms with Crippen LogP contribution in [0.2, 0.25) is 0 Å². The van der Waals surface area contributed by atoms with Gasteiger partial charge in [-0.25, -0.2) is 0 Å². The number of unbranched alkanes of at least 4 members (excludes halogenated alkanes) is 8. The predicted molar refractivity (Wildman–Crippen MR) is 102 cm³/mol. The maximum absolute atomic E-state index is 11.0. The van der Waals surface area contributed by atoms with E-state index in [4.69, 9.17) is 0 Å². The Bertz CT molecular complexity index is 334. The number of rotatable bonds is 16. The number of carbonyl (C=O) groups excluding carboxylic acids is 1. The van der Waals surface area contributed by atoms with E-state index in [2.05, 4.69) is 36.0 Å². The molecule has 140 valence electrons. The molecule has 3 heteroatoms. The molecule has 1 atom stereocenters. The molecular formula is C21H38O3. The SMILES string of the molecule is CCCCC/C=C\C/C=C\CCCCCCCC(O)CC(=O)OC. The minimum atomic E-state index is -0.546. The van der Waals surface area contributed by atoms with Crippen LogP contribution in [0.5, 0.6) is 0 Å². The van der Waals surface area contributed by atoms with Gasteiger partial charge in [0, 0.05) is 0 Å². The molecule has 0 radical (unpaired) electrons. The summed E-state index contributed by atoms with van der Waals surface area (Å²) < 4.78 is 4.54. The lowest BCUT2D eigenvalue weighted by atomic mass is 10.1. The molecule has 0 amide bonds. The summed E-state index contributed by atoms with van der Waals surface area (Å²) in [6.07, 6.45) is 22.6. The fourth-order valence-electron chi connectivity index (χ4n) is 2.57. The zero-order chi connectivity index (χ0) is 17.9. The van der Waals surface area contributed by atoms with Gasteiger partial charge in [0.25, 0.3) is 0 Å². The van der Waals surface area contributed by atoms with Crippen molar-refractivity contribution in [2.24, 2.45) is 0 Å². The van der Waals surface area contributed by atoms with Gasteiger partial charge in [0.05, 0.1) is 19.6 Å². The first-order valence-electron chi connectivity index (χ1n) is 9.75. The predicted octanol–water partition coefficient (Wildman–Crippen LogP) is 5.72. The Morgan fingerprint density at radius 2 is 1.50 bits per heavy atom. The molecule has 24 heavy (non-hydrogen) atoms. The average Bonchev–Trinajstić information content (AvgIpc) is 2.58. The quantitative estimate of drug-likeness (QED) is 0.222. The van der Waals surface area contributed by atoms with Crippen molar-refractivity contribution < 1.29 is 14.6 Å². The average molecular weight is 339 g/mol. The Morgan fingerprint density at radius 1 is 0.917 bits per heavy atom. The molecule has 0 aromatic carbocycles. The van der Waals surface area contributed by atoms with Crippen molar-refractivity contribution in [3.63, 3.8) is 0 Å². The third-order valence-electron chi connectivity index (χ3n) is 4.12. The van der Waals surface area contributed by atoms with Crippen LogP contribution in [0.15, 0.2) is 24.3 Å². The summed E-state index contributed by atoms with van der Waals surface area (Å²) in [7, 11) is 1.35. The second kappa shape index (κ2) is 18.3. The number of carbonyl (C=O) groups is 1. The van der Waals surface area contributed by atoms with E-state index in [0.29, 0.717) is 6.42 Å². The fraction of sp³-hybridized carbons (Fsp3) is 0.762. The van der Waals surface area contributed by atoms with Crippen molar-refractivity contribution in [3.8, 4) is 0 Å². The van der Waals surface area contributed by atoms with Crippen LogP contribution in [-0.4, -0.2) is 24.3 Å². The van der Waals surface area contributed by atoms with Crippen molar-refractivity contribution in [2.75, 3.05) is 7.11 Å². The van der Waals surface area contributed by atoms with Gasteiger partial charge >= 0.3 is 5.97 Å². The van der Waals surface area contributed by atoms with E-state index in [1.165, 1.54) is 52.1 Å². The Labute approximate surface area is 149 Å². The van der Waals surface area contributed by atoms with E-state index in [9.17, 15) is 9.90 Å². The van der Waals surface area contributed by atoms with Crippen molar-refractivity contribution in [2.45, 2.75) is 96.5 Å². The Balaban J connectivity index is 3.30. The molecular weight excluding hydrogens is 300 g/mol. The smallest absolute Gasteiger partial charge is 0.308 e. The van der Waals surface area contributed by atoms with E-state index in [1.54, 1.807) is 0 Å². The number of hydrogen-bond acceptors (Lipinski definition) is 3. The van der Waals surface area contributed by atoms with Crippen LogP contribution < -0.4 is 0 Å². The third kappa shape index (κ3) is 17.3. The lowest BCUT2D eigenvalue weighted by molar-refractivity contribution is -0.142. The number of aliphatic hydroxyl groups is 1. The molecule has 0 aliphatic carbocycles. The fourth-order valence-corrected chi connectivity index (χ4v) is 2.57. The second-order valence-electron chi connectivity index (χ2n) is 6.45. The van der Waals surface area contributed by atoms with Crippen molar-refractivity contribution in [1.29, 1.82) is 0 Å². The summed E-state index contributed by atoms with van der Waals surface area (Å²) in [6.45, 7) is 2.24. The molecule has 0 aromatic heterocycles. The van der Waals surface area contributed by atoms with E-state index >= 15 is 0 Å². The first-order chi connectivity index (χ1) is 11.7. The van der Waals surface area contributed by atoms with Gasteiger partial charge < -0.3 is 9.84 Å². The third-order valence-corrected chi connectivity index (χ3v) is 4.12. The number of aliphatic hydroxyl groups excluding tert-OH is 1. The number of esters is 1. The van der Waals surface area contributed by atoms with Gasteiger partial charge in [-0.15, -0.1) is 0 Å². The van der Waals surface area contributed by atoms with Gasteiger partial charge in [0.1, 0.15) is 0 Å². The molecule has 0 fully saturated rings. The number of ether oxygens (including phenoxy) is 1. The molecule has 0 aliphatic rings. The number of methoxy groups -OCH3 is 1. The molecule has 0 spiro atoms. The maximum atomic E-state index is 11.0. The van der Waals surface area contributed by atoms with Gasteiger partial charge in [-0.2, -0.15) is 0 Å². The maximum Gasteiger partial charge on any atom is 0.308 e. The van der Waals surface area contributed by atoms with Crippen LogP contribution in [0.3, 0.4) is 0 Å². The largest absolute Gasteiger partial charge is 0.469 e. The van der Waals surface area contributed by atoms with Gasteiger partial charge in [-0.3, -0.25) is 4.79 Å². The van der Waals surface area contributed by atoms with E-state index < -0.39 is 6.10 Å². The van der Waals surface area contributed by atoms with Crippen LogP contribution in [0.4, 0.5) is 0 Å². The summed E-state index contributed by atoms with van der Waals surface area (Å²) in [5.41, 5.74) is 0. The summed E-state index contributed by atoms with van der Waals surface area (Å²) in [4.78, 5) is 11.0. The lowest BCUT2D eigenvalue weighted by Crippen LogP contribution is -2.14. The normalized spacial score (nSPS) is 13.0. The molecule has 3 nitrogen and oxygen atoms in total. The number of allylic oxidation sites excluding steroid dienone is 4. The van der Waals surface area contributed by atoms with Gasteiger partial charge in [-0.1, -0.05) is 69.8 Å². The zero-order valence-corrected chi connectivity index (χ0v) is 15.8. The summed E-state index contributed by atoms with van der Waals surface area (Å²) in [6, 6.07) is 0. The van der Waals surface area contributed by atoms with Crippen molar-refractivity contribution >= 4 is 5.97 Å². The van der Waals surface area contributed by atoms with Crippen LogP contribution in [0.25, 0.3) is 0 Å². The van der Waals surface area contributed by atoms with Crippen LogP contribution in [-0.2, 0) is 9.53 Å². The lowest BCUT2D eigenvalue weighted by Gasteiger charge is -2.08. The van der Waals surface area contributed by atoms with Gasteiger partial charge in [0.2, 0.25) is 0 Å². The Kier molecular flexibility index (Phi) is 17.4. The highest BCUT2D eigenvalue weighted by Gasteiger charge is 2.09. The minimum Gasteiger partial charge on any atom is -0.469 e. The first kappa shape index (κ1) is 22.9. The molecule has 1 N–H and O–H groups in total. The van der Waals surface area contributed by atoms with E-state index in [1.807, 2.05) is 0 Å². The monoisotopic (exact) mass is 338 g/mol. The zero-order valence-electron chi connectivity index (χ0n) is 15.8. The molecule has 0 aliphatic heterocycles. The van der Waals surface area contributed by atoms with Crippen LogP contribution >= 0.6 is 0 Å². The van der Waals surface area contributed by atoms with Crippen molar-refractivity contribution in [3.05, 3.63) is 24.3 Å².